The topological polar surface area (TPSA) is 91.8 Å². The van der Waals surface area contributed by atoms with Crippen molar-refractivity contribution >= 4 is 44.5 Å². The number of urea groups is 1. The molecule has 4 amide bonds. The first-order valence-electron chi connectivity index (χ1n) is 10.9. The van der Waals surface area contributed by atoms with Crippen LogP contribution in [0.1, 0.15) is 25.3 Å². The monoisotopic (exact) mass is 464 g/mol. The van der Waals surface area contributed by atoms with Crippen molar-refractivity contribution in [2.45, 2.75) is 31.4 Å². The summed E-state index contributed by atoms with van der Waals surface area (Å²) >= 11 is 1.41. The van der Waals surface area contributed by atoms with Gasteiger partial charge >= 0.3 is 6.03 Å². The highest BCUT2D eigenvalue weighted by Gasteiger charge is 2.49. The number of hydrogen-bond acceptors (Lipinski definition) is 6. The SMILES string of the molecule is CC1(c2ccccc2)NC(=O)N(CC(=O)N(CC2CCCO2)c2nc3ccccc3s2)C1=O. The van der Waals surface area contributed by atoms with Crippen molar-refractivity contribution in [1.29, 1.82) is 0 Å². The molecule has 0 radical (unpaired) electrons. The van der Waals surface area contributed by atoms with Crippen LogP contribution in [0, 0.1) is 0 Å². The molecule has 3 heterocycles. The number of carbonyl (C=O) groups excluding carboxylic acids is 3. The third kappa shape index (κ3) is 3.98. The summed E-state index contributed by atoms with van der Waals surface area (Å²) in [6.07, 6.45) is 1.69. The van der Waals surface area contributed by atoms with Gasteiger partial charge in [-0.2, -0.15) is 0 Å². The molecule has 8 nitrogen and oxygen atoms in total. The predicted molar refractivity (Wildman–Crippen MR) is 125 cm³/mol. The summed E-state index contributed by atoms with van der Waals surface area (Å²) in [6, 6.07) is 16.1. The summed E-state index contributed by atoms with van der Waals surface area (Å²) in [4.78, 5) is 46.6. The molecule has 2 unspecified atom stereocenters. The van der Waals surface area contributed by atoms with Crippen LogP contribution >= 0.6 is 11.3 Å². The summed E-state index contributed by atoms with van der Waals surface area (Å²) in [6.45, 7) is 2.29. The van der Waals surface area contributed by atoms with Crippen LogP contribution in [-0.2, 0) is 19.9 Å². The standard InChI is InChI=1S/C24H24N4O4S/c1-24(16-8-3-2-4-9-16)21(30)28(22(31)26-24)15-20(29)27(14-17-10-7-13-32-17)23-25-18-11-5-6-12-19(18)33-23/h2-6,8-9,11-12,17H,7,10,13-15H2,1H3,(H,26,31). The highest BCUT2D eigenvalue weighted by Crippen LogP contribution is 2.31. The number of nitrogens with one attached hydrogen (secondary N) is 1. The number of hydrogen-bond donors (Lipinski definition) is 1. The van der Waals surface area contributed by atoms with Crippen LogP contribution in [0.5, 0.6) is 0 Å². The van der Waals surface area contributed by atoms with Crippen molar-refractivity contribution < 1.29 is 19.1 Å². The van der Waals surface area contributed by atoms with Gasteiger partial charge in [0.25, 0.3) is 5.91 Å². The van der Waals surface area contributed by atoms with E-state index in [0.717, 1.165) is 28.0 Å². The lowest BCUT2D eigenvalue weighted by Gasteiger charge is -2.25. The average molecular weight is 465 g/mol. The lowest BCUT2D eigenvalue weighted by Crippen LogP contribution is -2.46. The summed E-state index contributed by atoms with van der Waals surface area (Å²) in [5.74, 6) is -0.821. The second-order valence-electron chi connectivity index (χ2n) is 8.42. The van der Waals surface area contributed by atoms with E-state index < -0.39 is 17.5 Å². The molecule has 0 spiro atoms. The molecule has 170 valence electrons. The number of para-hydroxylation sites is 1. The molecule has 9 heteroatoms. The van der Waals surface area contributed by atoms with Gasteiger partial charge in [0, 0.05) is 6.61 Å². The van der Waals surface area contributed by atoms with E-state index in [-0.39, 0.29) is 18.6 Å². The van der Waals surface area contributed by atoms with Crippen molar-refractivity contribution in [2.75, 3.05) is 24.6 Å². The van der Waals surface area contributed by atoms with Crippen LogP contribution < -0.4 is 10.2 Å². The average Bonchev–Trinajstić information content (AvgIpc) is 3.54. The fraction of sp³-hybridized carbons (Fsp3) is 0.333. The molecule has 0 bridgehead atoms. The van der Waals surface area contributed by atoms with Crippen LogP contribution in [0.4, 0.5) is 9.93 Å². The molecule has 2 aliphatic rings. The summed E-state index contributed by atoms with van der Waals surface area (Å²) in [7, 11) is 0. The first-order chi connectivity index (χ1) is 16.0. The van der Waals surface area contributed by atoms with Gasteiger partial charge in [0.05, 0.1) is 22.9 Å². The minimum atomic E-state index is -1.21. The predicted octanol–water partition coefficient (Wildman–Crippen LogP) is 3.28. The van der Waals surface area contributed by atoms with Gasteiger partial charge in [0.15, 0.2) is 5.13 Å². The Balaban J connectivity index is 1.41. The van der Waals surface area contributed by atoms with Crippen LogP contribution in [0.2, 0.25) is 0 Å². The van der Waals surface area contributed by atoms with Gasteiger partial charge in [-0.05, 0) is 37.5 Å². The molecule has 3 aromatic rings. The van der Waals surface area contributed by atoms with Crippen LogP contribution in [0.15, 0.2) is 54.6 Å². The maximum atomic E-state index is 13.5. The lowest BCUT2D eigenvalue weighted by atomic mass is 9.92. The van der Waals surface area contributed by atoms with Gasteiger partial charge in [0.2, 0.25) is 5.91 Å². The molecule has 2 aliphatic heterocycles. The zero-order valence-electron chi connectivity index (χ0n) is 18.2. The van der Waals surface area contributed by atoms with Gasteiger partial charge in [-0.25, -0.2) is 9.78 Å². The van der Waals surface area contributed by atoms with Crippen molar-refractivity contribution in [3.63, 3.8) is 0 Å². The molecule has 2 saturated heterocycles. The molecule has 2 atom stereocenters. The molecule has 33 heavy (non-hydrogen) atoms. The number of amides is 4. The summed E-state index contributed by atoms with van der Waals surface area (Å²) < 4.78 is 6.72. The Morgan fingerprint density at radius 2 is 1.97 bits per heavy atom. The van der Waals surface area contributed by atoms with E-state index in [4.69, 9.17) is 4.74 Å². The van der Waals surface area contributed by atoms with Crippen LogP contribution in [0.3, 0.4) is 0 Å². The molecule has 1 N–H and O–H groups in total. The highest BCUT2D eigenvalue weighted by molar-refractivity contribution is 7.22. The van der Waals surface area contributed by atoms with Crippen molar-refractivity contribution in [1.82, 2.24) is 15.2 Å². The Bertz CT molecular complexity index is 1170. The number of carbonyl (C=O) groups is 3. The molecular formula is C24H24N4O4S. The number of thiazole rings is 1. The Morgan fingerprint density at radius 3 is 2.70 bits per heavy atom. The molecule has 0 aliphatic carbocycles. The van der Waals surface area contributed by atoms with Crippen molar-refractivity contribution in [3.05, 3.63) is 60.2 Å². The Morgan fingerprint density at radius 1 is 1.21 bits per heavy atom. The second kappa shape index (κ2) is 8.57. The van der Waals surface area contributed by atoms with Crippen molar-refractivity contribution in [2.24, 2.45) is 0 Å². The largest absolute Gasteiger partial charge is 0.376 e. The minimum absolute atomic E-state index is 0.0985. The minimum Gasteiger partial charge on any atom is -0.376 e. The summed E-state index contributed by atoms with van der Waals surface area (Å²) in [5.41, 5.74) is 0.253. The first kappa shape index (κ1) is 21.5. The smallest absolute Gasteiger partial charge is 0.325 e. The molecule has 2 aromatic carbocycles. The van der Waals surface area contributed by atoms with E-state index in [1.807, 2.05) is 42.5 Å². The number of nitrogens with zero attached hydrogens (tertiary/aromatic N) is 3. The maximum Gasteiger partial charge on any atom is 0.325 e. The first-order valence-corrected chi connectivity index (χ1v) is 11.7. The van der Waals surface area contributed by atoms with Crippen molar-refractivity contribution in [3.8, 4) is 0 Å². The zero-order chi connectivity index (χ0) is 23.0. The van der Waals surface area contributed by atoms with E-state index in [9.17, 15) is 14.4 Å². The molecule has 0 saturated carbocycles. The highest BCUT2D eigenvalue weighted by atomic mass is 32.1. The third-order valence-electron chi connectivity index (χ3n) is 6.14. The number of benzene rings is 2. The van der Waals surface area contributed by atoms with E-state index in [2.05, 4.69) is 10.3 Å². The Kier molecular flexibility index (Phi) is 5.59. The number of ether oxygens (including phenoxy) is 1. The Labute approximate surface area is 195 Å². The molecular weight excluding hydrogens is 440 g/mol. The van der Waals surface area contributed by atoms with E-state index in [1.165, 1.54) is 11.3 Å². The zero-order valence-corrected chi connectivity index (χ0v) is 19.0. The number of anilines is 1. The second-order valence-corrected chi connectivity index (χ2v) is 9.43. The van der Waals surface area contributed by atoms with Gasteiger partial charge in [-0.3, -0.25) is 19.4 Å². The maximum absolute atomic E-state index is 13.5. The van der Waals surface area contributed by atoms with Crippen LogP contribution in [-0.4, -0.2) is 53.5 Å². The van der Waals surface area contributed by atoms with Gasteiger partial charge in [0.1, 0.15) is 12.1 Å². The Hall–Kier alpha value is -3.30. The molecule has 1 aromatic heterocycles. The van der Waals surface area contributed by atoms with Gasteiger partial charge in [-0.1, -0.05) is 53.8 Å². The molecule has 2 fully saturated rings. The fourth-order valence-electron chi connectivity index (χ4n) is 4.28. The van der Waals surface area contributed by atoms with E-state index in [0.29, 0.717) is 23.8 Å². The fourth-order valence-corrected chi connectivity index (χ4v) is 5.27. The third-order valence-corrected chi connectivity index (χ3v) is 7.20. The summed E-state index contributed by atoms with van der Waals surface area (Å²) in [5, 5.41) is 3.29. The van der Waals surface area contributed by atoms with Crippen LogP contribution in [0.25, 0.3) is 10.2 Å². The number of aromatic nitrogens is 1. The number of rotatable bonds is 6. The quantitative estimate of drug-likeness (QED) is 0.566. The van der Waals surface area contributed by atoms with Gasteiger partial charge in [-0.15, -0.1) is 0 Å². The number of imide groups is 1. The van der Waals surface area contributed by atoms with Gasteiger partial charge < -0.3 is 10.1 Å². The van der Waals surface area contributed by atoms with E-state index >= 15 is 0 Å². The number of fused-ring (bicyclic) bond motifs is 1. The van der Waals surface area contributed by atoms with E-state index in [1.54, 1.807) is 24.0 Å². The normalized spacial score (nSPS) is 22.7. The molecule has 5 rings (SSSR count). The lowest BCUT2D eigenvalue weighted by molar-refractivity contribution is -0.134.